The van der Waals surface area contributed by atoms with E-state index >= 15 is 0 Å². The molecule has 7 rings (SSSR count). The number of hydrogen-bond acceptors (Lipinski definition) is 6. The van der Waals surface area contributed by atoms with Gasteiger partial charge in [-0.2, -0.15) is 0 Å². The quantitative estimate of drug-likeness (QED) is 0.224. The third-order valence-electron chi connectivity index (χ3n) is 6.85. The maximum absolute atomic E-state index is 6.42. The van der Waals surface area contributed by atoms with E-state index in [2.05, 4.69) is 106 Å². The molecule has 0 atom stereocenters. The van der Waals surface area contributed by atoms with E-state index in [4.69, 9.17) is 9.15 Å². The van der Waals surface area contributed by atoms with Crippen molar-refractivity contribution in [1.82, 2.24) is 9.88 Å². The maximum atomic E-state index is 6.42. The molecule has 0 fully saturated rings. The first-order valence-corrected chi connectivity index (χ1v) is 12.9. The molecule has 190 valence electrons. The summed E-state index contributed by atoms with van der Waals surface area (Å²) in [6.45, 7) is 0.807. The molecule has 0 saturated carbocycles. The molecule has 4 aromatic carbocycles. The third-order valence-corrected chi connectivity index (χ3v) is 6.85. The van der Waals surface area contributed by atoms with Crippen molar-refractivity contribution in [3.63, 3.8) is 0 Å². The van der Waals surface area contributed by atoms with Crippen molar-refractivity contribution < 1.29 is 9.15 Å². The van der Waals surface area contributed by atoms with Gasteiger partial charge in [0.25, 0.3) is 0 Å². The maximum Gasteiger partial charge on any atom is 0.219 e. The molecule has 3 heterocycles. The minimum Gasteiger partial charge on any atom is -0.456 e. The summed E-state index contributed by atoms with van der Waals surface area (Å²) in [5, 5.41) is 1.93. The van der Waals surface area contributed by atoms with Gasteiger partial charge in [0.15, 0.2) is 0 Å². The zero-order valence-corrected chi connectivity index (χ0v) is 21.4. The van der Waals surface area contributed by atoms with E-state index in [1.54, 1.807) is 6.20 Å². The molecule has 6 aromatic rings. The fourth-order valence-corrected chi connectivity index (χ4v) is 5.06. The monoisotopic (exact) mass is 510 g/mol. The van der Waals surface area contributed by atoms with Crippen LogP contribution in [-0.2, 0) is 0 Å². The van der Waals surface area contributed by atoms with Gasteiger partial charge in [-0.05, 0) is 42.5 Å². The number of ether oxygens (including phenoxy) is 1. The Bertz CT molecular complexity index is 1800. The Kier molecular flexibility index (Phi) is 5.63. The van der Waals surface area contributed by atoms with Crippen molar-refractivity contribution in [3.8, 4) is 11.6 Å². The average Bonchev–Trinajstić information content (AvgIpc) is 3.58. The number of hydrogen-bond donors (Lipinski definition) is 0. The van der Waals surface area contributed by atoms with Crippen LogP contribution in [0.25, 0.3) is 21.9 Å². The summed E-state index contributed by atoms with van der Waals surface area (Å²) in [5.74, 6) is 1.21. The smallest absolute Gasteiger partial charge is 0.219 e. The van der Waals surface area contributed by atoms with Crippen LogP contribution in [0.1, 0.15) is 0 Å². The minimum atomic E-state index is 0.527. The highest BCUT2D eigenvalue weighted by molar-refractivity contribution is 6.09. The van der Waals surface area contributed by atoms with Gasteiger partial charge in [-0.15, -0.1) is 0 Å². The van der Waals surface area contributed by atoms with E-state index in [0.717, 1.165) is 51.4 Å². The standard InChI is InChI=1S/C33H26N4O2/c1-35-18-19-36(23-35)25-12-9-13-26(20-25)37(24-10-3-2-4-11-24)27-21-30-33(28-14-5-6-15-29(28)38-30)31(22-27)39-32-16-7-8-17-34-32/h2-22H,23H2,1H3. The molecule has 39 heavy (non-hydrogen) atoms. The van der Waals surface area contributed by atoms with Crippen LogP contribution in [0.2, 0.25) is 0 Å². The van der Waals surface area contributed by atoms with Crippen LogP contribution < -0.4 is 14.5 Å². The van der Waals surface area contributed by atoms with Gasteiger partial charge in [-0.1, -0.05) is 48.5 Å². The number of aromatic nitrogens is 1. The highest BCUT2D eigenvalue weighted by Gasteiger charge is 2.21. The van der Waals surface area contributed by atoms with Crippen molar-refractivity contribution in [2.45, 2.75) is 0 Å². The molecule has 1 aliphatic heterocycles. The molecule has 0 spiro atoms. The lowest BCUT2D eigenvalue weighted by Gasteiger charge is -2.27. The lowest BCUT2D eigenvalue weighted by Crippen LogP contribution is -2.21. The van der Waals surface area contributed by atoms with E-state index < -0.39 is 0 Å². The third kappa shape index (κ3) is 4.32. The van der Waals surface area contributed by atoms with Crippen LogP contribution in [0.15, 0.2) is 132 Å². The molecule has 0 amide bonds. The largest absolute Gasteiger partial charge is 0.456 e. The van der Waals surface area contributed by atoms with Crippen LogP contribution in [0.5, 0.6) is 11.6 Å². The number of nitrogens with zero attached hydrogens (tertiary/aromatic N) is 4. The summed E-state index contributed by atoms with van der Waals surface area (Å²) < 4.78 is 12.8. The second-order valence-electron chi connectivity index (χ2n) is 9.54. The van der Waals surface area contributed by atoms with Crippen molar-refractivity contribution >= 4 is 44.7 Å². The number of benzene rings is 4. The van der Waals surface area contributed by atoms with Crippen LogP contribution >= 0.6 is 0 Å². The number of anilines is 4. The first-order chi connectivity index (χ1) is 19.2. The summed E-state index contributed by atoms with van der Waals surface area (Å²) in [7, 11) is 2.07. The molecule has 2 aromatic heterocycles. The van der Waals surface area contributed by atoms with Gasteiger partial charge in [0.2, 0.25) is 5.88 Å². The number of rotatable bonds is 6. The zero-order valence-electron chi connectivity index (χ0n) is 21.4. The van der Waals surface area contributed by atoms with E-state index in [1.807, 2.05) is 42.5 Å². The number of furan rings is 1. The highest BCUT2D eigenvalue weighted by Crippen LogP contribution is 2.44. The Morgan fingerprint density at radius 1 is 0.744 bits per heavy atom. The fourth-order valence-electron chi connectivity index (χ4n) is 5.06. The summed E-state index contributed by atoms with van der Waals surface area (Å²) in [6, 6.07) is 36.8. The normalized spacial score (nSPS) is 12.9. The second-order valence-corrected chi connectivity index (χ2v) is 9.54. The SMILES string of the molecule is CN1C=CN(c2cccc(N(c3ccccc3)c3cc(Oc4ccccn4)c4c(c3)oc3ccccc34)c2)C1. The Balaban J connectivity index is 1.43. The molecule has 0 saturated heterocycles. The Morgan fingerprint density at radius 3 is 2.38 bits per heavy atom. The van der Waals surface area contributed by atoms with Gasteiger partial charge in [0.05, 0.1) is 17.7 Å². The van der Waals surface area contributed by atoms with E-state index in [1.165, 1.54) is 0 Å². The predicted octanol–water partition coefficient (Wildman–Crippen LogP) is 8.42. The second kappa shape index (κ2) is 9.58. The lowest BCUT2D eigenvalue weighted by molar-refractivity contribution is 0.468. The highest BCUT2D eigenvalue weighted by atomic mass is 16.5. The van der Waals surface area contributed by atoms with E-state index in [9.17, 15) is 0 Å². The Hall–Kier alpha value is -5.23. The zero-order chi connectivity index (χ0) is 26.2. The van der Waals surface area contributed by atoms with Gasteiger partial charge >= 0.3 is 0 Å². The van der Waals surface area contributed by atoms with Gasteiger partial charge in [-0.3, -0.25) is 0 Å². The molecule has 6 heteroatoms. The molecule has 1 aliphatic rings. The Morgan fingerprint density at radius 2 is 1.56 bits per heavy atom. The molecular formula is C33H26N4O2. The van der Waals surface area contributed by atoms with Crippen molar-refractivity contribution in [2.24, 2.45) is 0 Å². The minimum absolute atomic E-state index is 0.527. The van der Waals surface area contributed by atoms with Crippen molar-refractivity contribution in [3.05, 3.63) is 128 Å². The molecule has 0 unspecified atom stereocenters. The molecule has 0 N–H and O–H groups in total. The molecule has 0 aliphatic carbocycles. The molecule has 6 nitrogen and oxygen atoms in total. The van der Waals surface area contributed by atoms with Crippen LogP contribution in [0.4, 0.5) is 22.7 Å². The Labute approximate surface area is 226 Å². The summed E-state index contributed by atoms with van der Waals surface area (Å²) in [4.78, 5) is 11.0. The first-order valence-electron chi connectivity index (χ1n) is 12.9. The number of para-hydroxylation sites is 2. The van der Waals surface area contributed by atoms with Gasteiger partial charge in [-0.25, -0.2) is 4.98 Å². The van der Waals surface area contributed by atoms with Crippen LogP contribution in [0, 0.1) is 0 Å². The average molecular weight is 511 g/mol. The number of fused-ring (bicyclic) bond motifs is 3. The fraction of sp³-hybridized carbons (Fsp3) is 0.0606. The van der Waals surface area contributed by atoms with Crippen LogP contribution in [0.3, 0.4) is 0 Å². The van der Waals surface area contributed by atoms with Crippen molar-refractivity contribution in [2.75, 3.05) is 23.5 Å². The van der Waals surface area contributed by atoms with Gasteiger partial charge in [0, 0.05) is 66.3 Å². The van der Waals surface area contributed by atoms with E-state index in [-0.39, 0.29) is 0 Å². The summed E-state index contributed by atoms with van der Waals surface area (Å²) in [6.07, 6.45) is 5.92. The van der Waals surface area contributed by atoms with Crippen molar-refractivity contribution in [1.29, 1.82) is 0 Å². The first kappa shape index (κ1) is 22.9. The number of pyridine rings is 1. The molecular weight excluding hydrogens is 484 g/mol. The van der Waals surface area contributed by atoms with Crippen LogP contribution in [-0.4, -0.2) is 23.6 Å². The summed E-state index contributed by atoms with van der Waals surface area (Å²) in [5.41, 5.74) is 5.66. The summed E-state index contributed by atoms with van der Waals surface area (Å²) >= 11 is 0. The molecule has 0 bridgehead atoms. The van der Waals surface area contributed by atoms with Gasteiger partial charge in [0.1, 0.15) is 16.9 Å². The predicted molar refractivity (Wildman–Crippen MR) is 157 cm³/mol. The van der Waals surface area contributed by atoms with E-state index in [0.29, 0.717) is 11.6 Å². The topological polar surface area (TPSA) is 45.0 Å². The molecule has 0 radical (unpaired) electrons. The lowest BCUT2D eigenvalue weighted by atomic mass is 10.1. The van der Waals surface area contributed by atoms with Gasteiger partial charge < -0.3 is 23.9 Å².